The van der Waals surface area contributed by atoms with Gasteiger partial charge in [-0.2, -0.15) is 9.19 Å². The Hall–Kier alpha value is -1.85. The van der Waals surface area contributed by atoms with Gasteiger partial charge in [0.1, 0.15) is 27.6 Å². The fraction of sp³-hybridized carbons (Fsp3) is 0.412. The number of nitrogens with two attached hydrogens (primary N) is 2. The van der Waals surface area contributed by atoms with E-state index in [1.807, 2.05) is 0 Å². The van der Waals surface area contributed by atoms with E-state index in [1.54, 1.807) is 6.20 Å². The number of hydrogen-bond donors (Lipinski definition) is 2. The van der Waals surface area contributed by atoms with Crippen LogP contribution >= 0.6 is 0 Å². The zero-order valence-corrected chi connectivity index (χ0v) is 15.4. The molecule has 0 amide bonds. The van der Waals surface area contributed by atoms with Crippen molar-refractivity contribution in [2.75, 3.05) is 6.61 Å². The highest BCUT2D eigenvalue weighted by Crippen LogP contribution is 2.34. The number of fused-ring (bicyclic) bond motifs is 1. The van der Waals surface area contributed by atoms with E-state index in [1.165, 1.54) is 4.09 Å². The smallest absolute Gasteiger partial charge is 0.129 e. The lowest BCUT2D eigenvalue weighted by molar-refractivity contribution is -0.0533. The Bertz CT molecular complexity index is 954. The topological polar surface area (TPSA) is 99.4 Å². The molecule has 0 bridgehead atoms. The Kier molecular flexibility index (Phi) is 4.55. The molecule has 1 aromatic heterocycles. The lowest BCUT2D eigenvalue weighted by Gasteiger charge is -2.38. The van der Waals surface area contributed by atoms with Gasteiger partial charge >= 0.3 is 0 Å². The van der Waals surface area contributed by atoms with Crippen LogP contribution in [0.25, 0.3) is 0 Å². The monoisotopic (exact) mass is 397 g/mol. The molecule has 1 aromatic carbocycles. The van der Waals surface area contributed by atoms with Gasteiger partial charge in [0.2, 0.25) is 0 Å². The summed E-state index contributed by atoms with van der Waals surface area (Å²) in [6.45, 7) is 1.50. The molecule has 4 rings (SSSR count). The molecule has 146 valence electrons. The zero-order valence-electron chi connectivity index (χ0n) is 14.6. The molecule has 1 unspecified atom stereocenters. The molecule has 3 heterocycles. The van der Waals surface area contributed by atoms with Gasteiger partial charge in [0, 0.05) is 42.5 Å². The Morgan fingerprint density at radius 2 is 2.11 bits per heavy atom. The number of hydrogen-bond acceptors (Lipinski definition) is 5. The molecule has 1 fully saturated rings. The highest BCUT2D eigenvalue weighted by Gasteiger charge is 2.37. The lowest BCUT2D eigenvalue weighted by Crippen LogP contribution is -2.47. The Morgan fingerprint density at radius 1 is 1.33 bits per heavy atom. The number of rotatable bonds is 3. The molecule has 2 aliphatic heterocycles. The van der Waals surface area contributed by atoms with Gasteiger partial charge in [-0.25, -0.2) is 18.1 Å². The van der Waals surface area contributed by atoms with Crippen molar-refractivity contribution in [1.82, 2.24) is 14.1 Å². The maximum Gasteiger partial charge on any atom is 0.129 e. The summed E-state index contributed by atoms with van der Waals surface area (Å²) in [5.74, 6) is 2.38. The fourth-order valence-corrected chi connectivity index (χ4v) is 4.26. The quantitative estimate of drug-likeness (QED) is 0.743. The minimum Gasteiger partial charge on any atom is -0.370 e. The predicted octanol–water partition coefficient (Wildman–Crippen LogP) is 0.688. The first-order valence-corrected chi connectivity index (χ1v) is 10.3. The summed E-state index contributed by atoms with van der Waals surface area (Å²) in [6.07, 6.45) is 1.55. The first-order valence-electron chi connectivity index (χ1n) is 8.51. The normalized spacial score (nSPS) is 28.1. The number of ether oxygens (including phenoxy) is 1. The van der Waals surface area contributed by atoms with Crippen molar-refractivity contribution in [3.8, 4) is 0 Å². The molecule has 7 nitrogen and oxygen atoms in total. The van der Waals surface area contributed by atoms with Crippen molar-refractivity contribution >= 4 is 15.8 Å². The van der Waals surface area contributed by atoms with Crippen LogP contribution in [0.3, 0.4) is 0 Å². The summed E-state index contributed by atoms with van der Waals surface area (Å²) >= 11 is 0. The minimum absolute atomic E-state index is 0.0255. The number of nitrogens with zero attached hydrogens (tertiary/aromatic N) is 3. The van der Waals surface area contributed by atoms with Crippen LogP contribution in [0.15, 0.2) is 24.4 Å². The third-order valence-electron chi connectivity index (χ3n) is 5.08. The second-order valence-electron chi connectivity index (χ2n) is 7.07. The van der Waals surface area contributed by atoms with Gasteiger partial charge in [0.05, 0.1) is 12.3 Å². The molecular weight excluding hydrogens is 376 g/mol. The molecule has 1 saturated heterocycles. The number of halogens is 2. The van der Waals surface area contributed by atoms with Gasteiger partial charge in [0.25, 0.3) is 0 Å². The maximum absolute atomic E-state index is 14.0. The highest BCUT2D eigenvalue weighted by atomic mass is 32.2. The third-order valence-corrected chi connectivity index (χ3v) is 5.90. The van der Waals surface area contributed by atoms with Crippen molar-refractivity contribution < 1.29 is 17.7 Å². The van der Waals surface area contributed by atoms with Crippen LogP contribution < -0.4 is 10.9 Å². The van der Waals surface area contributed by atoms with Crippen molar-refractivity contribution in [3.05, 3.63) is 52.9 Å². The molecule has 2 aliphatic rings. The zero-order chi connectivity index (χ0) is 19.3. The summed E-state index contributed by atoms with van der Waals surface area (Å²) in [5.41, 5.74) is 8.10. The second-order valence-corrected chi connectivity index (χ2v) is 8.83. The summed E-state index contributed by atoms with van der Waals surface area (Å²) in [6, 6.07) is 2.86. The van der Waals surface area contributed by atoms with E-state index in [0.717, 1.165) is 29.5 Å². The van der Waals surface area contributed by atoms with E-state index < -0.39 is 33.7 Å². The second kappa shape index (κ2) is 6.64. The van der Waals surface area contributed by atoms with E-state index in [-0.39, 0.29) is 11.6 Å². The Morgan fingerprint density at radius 3 is 2.78 bits per heavy atom. The summed E-state index contributed by atoms with van der Waals surface area (Å²) < 4.78 is 46.3. The molecule has 0 saturated carbocycles. The number of benzene rings is 1. The standard InChI is InChI=1S/C17H21F2N5O2S/c1-27(21,25)24-7-10-6-23(8-16(10)22-24)12-5-15(20)17(26-9-12)13-4-11(18)2-3-14(13)19/h2-4,7,12,15,17H,1,5-6,8-9,20H2,(H2,21,25)/t12-,15+,17-,27?/m1/s1. The molecule has 10 heteroatoms. The SMILES string of the molecule is C=S(N)(=O)n1cc2c(n1)CN([C@H]1CO[C@H](c3cc(F)ccc3F)[C@@H](N)C1)C2. The lowest BCUT2D eigenvalue weighted by atomic mass is 9.93. The van der Waals surface area contributed by atoms with Gasteiger partial charge < -0.3 is 10.5 Å². The van der Waals surface area contributed by atoms with Crippen LogP contribution in [-0.2, 0) is 27.7 Å². The van der Waals surface area contributed by atoms with E-state index in [0.29, 0.717) is 26.1 Å². The van der Waals surface area contributed by atoms with E-state index >= 15 is 0 Å². The number of aromatic nitrogens is 2. The molecular formula is C17H21F2N5O2S. The Balaban J connectivity index is 1.44. The van der Waals surface area contributed by atoms with Crippen molar-refractivity contribution in [2.45, 2.75) is 37.7 Å². The average molecular weight is 397 g/mol. The van der Waals surface area contributed by atoms with Crippen molar-refractivity contribution in [3.63, 3.8) is 0 Å². The van der Waals surface area contributed by atoms with E-state index in [4.69, 9.17) is 15.6 Å². The van der Waals surface area contributed by atoms with Gasteiger partial charge in [0.15, 0.2) is 0 Å². The van der Waals surface area contributed by atoms with Crippen molar-refractivity contribution in [1.29, 1.82) is 0 Å². The van der Waals surface area contributed by atoms with E-state index in [9.17, 15) is 13.0 Å². The Labute approximate surface area is 156 Å². The molecule has 4 atom stereocenters. The summed E-state index contributed by atoms with van der Waals surface area (Å²) in [7, 11) is -2.90. The fourth-order valence-electron chi connectivity index (χ4n) is 3.72. The van der Waals surface area contributed by atoms with Crippen molar-refractivity contribution in [2.24, 2.45) is 10.9 Å². The highest BCUT2D eigenvalue weighted by molar-refractivity contribution is 7.96. The molecule has 0 aliphatic carbocycles. The summed E-state index contributed by atoms with van der Waals surface area (Å²) in [4.78, 5) is 2.15. The van der Waals surface area contributed by atoms with Crippen LogP contribution in [0.5, 0.6) is 0 Å². The van der Waals surface area contributed by atoms with Crippen LogP contribution in [0.1, 0.15) is 29.3 Å². The predicted molar refractivity (Wildman–Crippen MR) is 97.8 cm³/mol. The van der Waals surface area contributed by atoms with Crippen LogP contribution in [-0.4, -0.2) is 42.9 Å². The van der Waals surface area contributed by atoms with Gasteiger partial charge in [-0.05, 0) is 30.5 Å². The third kappa shape index (κ3) is 3.50. The molecule has 27 heavy (non-hydrogen) atoms. The van der Waals surface area contributed by atoms with Crippen LogP contribution in [0.2, 0.25) is 0 Å². The largest absolute Gasteiger partial charge is 0.370 e. The first kappa shape index (κ1) is 18.5. The molecule has 4 N–H and O–H groups in total. The van der Waals surface area contributed by atoms with Gasteiger partial charge in [-0.3, -0.25) is 4.90 Å². The molecule has 0 radical (unpaired) electrons. The molecule has 0 spiro atoms. The summed E-state index contributed by atoms with van der Waals surface area (Å²) in [5, 5.41) is 9.78. The maximum atomic E-state index is 14.0. The van der Waals surface area contributed by atoms with Gasteiger partial charge in [-0.1, -0.05) is 0 Å². The average Bonchev–Trinajstić information content (AvgIpc) is 3.16. The van der Waals surface area contributed by atoms with E-state index in [2.05, 4.69) is 15.9 Å². The molecule has 2 aromatic rings. The minimum atomic E-state index is -2.90. The van der Waals surface area contributed by atoms with Crippen LogP contribution in [0, 0.1) is 11.6 Å². The van der Waals surface area contributed by atoms with Gasteiger partial charge in [-0.15, -0.1) is 0 Å². The first-order chi connectivity index (χ1) is 12.7. The van der Waals surface area contributed by atoms with Crippen LogP contribution in [0.4, 0.5) is 8.78 Å².